The number of fused-ring (bicyclic) bond motifs is 3. The molecule has 2 atom stereocenters. The number of ketones is 1. The van der Waals surface area contributed by atoms with Crippen LogP contribution in [-0.2, 0) is 0 Å². The fourth-order valence-electron chi connectivity index (χ4n) is 5.54. The lowest BCUT2D eigenvalue weighted by Crippen LogP contribution is -2.46. The third-order valence-electron chi connectivity index (χ3n) is 7.12. The maximum absolute atomic E-state index is 13.3. The number of nitrogen functional groups attached to an aromatic ring is 1. The molecule has 1 amide bonds. The SMILES string of the molecule is C=C(C=NC)c1cnn2c(N)c(C(C)=O)c(C3CC4CCC(C3)N4C(=O)c3nc(N(C)C)n[nH]3)nc12. The van der Waals surface area contributed by atoms with Crippen LogP contribution < -0.4 is 10.6 Å². The Labute approximate surface area is 208 Å². The summed E-state index contributed by atoms with van der Waals surface area (Å²) in [5, 5.41) is 11.3. The molecule has 0 aliphatic carbocycles. The Morgan fingerprint density at radius 2 is 1.94 bits per heavy atom. The number of carbonyl (C=O) groups is 2. The zero-order chi connectivity index (χ0) is 25.7. The number of nitrogens with zero attached hydrogens (tertiary/aromatic N) is 8. The van der Waals surface area contributed by atoms with Gasteiger partial charge in [-0.2, -0.15) is 14.6 Å². The molecule has 2 bridgehead atoms. The first kappa shape index (κ1) is 23.6. The summed E-state index contributed by atoms with van der Waals surface area (Å²) in [7, 11) is 5.32. The molecule has 3 aromatic heterocycles. The highest BCUT2D eigenvalue weighted by Gasteiger charge is 2.46. The summed E-state index contributed by atoms with van der Waals surface area (Å²) < 4.78 is 1.49. The molecule has 0 aromatic carbocycles. The third-order valence-corrected chi connectivity index (χ3v) is 7.12. The molecular weight excluding hydrogens is 460 g/mol. The topological polar surface area (TPSA) is 151 Å². The number of amides is 1. The fourth-order valence-corrected chi connectivity index (χ4v) is 5.54. The molecule has 0 spiro atoms. The van der Waals surface area contributed by atoms with Crippen molar-refractivity contribution in [3.63, 3.8) is 0 Å². The second-order valence-electron chi connectivity index (χ2n) is 9.66. The predicted molar refractivity (Wildman–Crippen MR) is 137 cm³/mol. The number of Topliss-reactive ketones (excluding diaryl/α,β-unsaturated/α-hetero) is 1. The number of H-pyrrole nitrogens is 1. The quantitative estimate of drug-likeness (QED) is 0.393. The molecule has 2 fully saturated rings. The zero-order valence-corrected chi connectivity index (χ0v) is 20.9. The van der Waals surface area contributed by atoms with Gasteiger partial charge in [0, 0.05) is 50.9 Å². The summed E-state index contributed by atoms with van der Waals surface area (Å²) in [5.74, 6) is 0.628. The van der Waals surface area contributed by atoms with Crippen molar-refractivity contribution in [3.8, 4) is 0 Å². The van der Waals surface area contributed by atoms with Crippen LogP contribution in [0.5, 0.6) is 0 Å². The molecule has 0 radical (unpaired) electrons. The van der Waals surface area contributed by atoms with Gasteiger partial charge in [0.15, 0.2) is 11.4 Å². The van der Waals surface area contributed by atoms with E-state index < -0.39 is 0 Å². The first-order valence-corrected chi connectivity index (χ1v) is 11.9. The van der Waals surface area contributed by atoms with Crippen molar-refractivity contribution in [1.29, 1.82) is 0 Å². The van der Waals surface area contributed by atoms with Crippen LogP contribution in [0.15, 0.2) is 17.8 Å². The highest BCUT2D eigenvalue weighted by Crippen LogP contribution is 2.44. The monoisotopic (exact) mass is 490 g/mol. The average molecular weight is 491 g/mol. The van der Waals surface area contributed by atoms with Crippen LogP contribution >= 0.6 is 0 Å². The molecule has 0 saturated carbocycles. The molecule has 2 aliphatic heterocycles. The molecule has 12 nitrogen and oxygen atoms in total. The van der Waals surface area contributed by atoms with E-state index in [4.69, 9.17) is 10.7 Å². The normalized spacial score (nSPS) is 21.4. The van der Waals surface area contributed by atoms with Crippen molar-refractivity contribution in [3.05, 3.63) is 35.4 Å². The van der Waals surface area contributed by atoms with Gasteiger partial charge in [-0.1, -0.05) is 6.58 Å². The van der Waals surface area contributed by atoms with Crippen molar-refractivity contribution in [2.75, 3.05) is 31.8 Å². The highest BCUT2D eigenvalue weighted by molar-refractivity contribution is 6.11. The second kappa shape index (κ2) is 8.85. The lowest BCUT2D eigenvalue weighted by molar-refractivity contribution is 0.0556. The van der Waals surface area contributed by atoms with E-state index >= 15 is 0 Å². The first-order valence-electron chi connectivity index (χ1n) is 11.9. The third kappa shape index (κ3) is 3.73. The summed E-state index contributed by atoms with van der Waals surface area (Å²) in [5.41, 5.74) is 9.43. The van der Waals surface area contributed by atoms with E-state index in [0.29, 0.717) is 46.8 Å². The van der Waals surface area contributed by atoms with Crippen LogP contribution in [0.25, 0.3) is 11.2 Å². The van der Waals surface area contributed by atoms with Crippen molar-refractivity contribution in [2.24, 2.45) is 4.99 Å². The van der Waals surface area contributed by atoms with Crippen molar-refractivity contribution in [1.82, 2.24) is 34.7 Å². The van der Waals surface area contributed by atoms with E-state index in [2.05, 4.69) is 31.9 Å². The number of aromatic nitrogens is 6. The van der Waals surface area contributed by atoms with Crippen LogP contribution in [0.4, 0.5) is 11.8 Å². The number of aromatic amines is 1. The zero-order valence-electron chi connectivity index (χ0n) is 20.9. The Kier molecular flexibility index (Phi) is 5.81. The van der Waals surface area contributed by atoms with Crippen LogP contribution in [0, 0.1) is 0 Å². The van der Waals surface area contributed by atoms with Crippen LogP contribution in [0.2, 0.25) is 0 Å². The smallest absolute Gasteiger partial charge is 0.291 e. The summed E-state index contributed by atoms with van der Waals surface area (Å²) in [6, 6.07) is 0.0274. The van der Waals surface area contributed by atoms with Crippen molar-refractivity contribution in [2.45, 2.75) is 50.6 Å². The number of rotatable bonds is 6. The Morgan fingerprint density at radius 1 is 1.25 bits per heavy atom. The van der Waals surface area contributed by atoms with E-state index in [0.717, 1.165) is 12.8 Å². The van der Waals surface area contributed by atoms with Gasteiger partial charge in [0.2, 0.25) is 11.8 Å². The summed E-state index contributed by atoms with van der Waals surface area (Å²) in [6.07, 6.45) is 6.41. The van der Waals surface area contributed by atoms with Gasteiger partial charge in [-0.05, 0) is 38.2 Å². The average Bonchev–Trinajstić information content (AvgIpc) is 3.55. The first-order chi connectivity index (χ1) is 17.2. The molecular formula is C24H30N10O2. The van der Waals surface area contributed by atoms with Crippen molar-refractivity contribution < 1.29 is 9.59 Å². The lowest BCUT2D eigenvalue weighted by atomic mass is 9.85. The van der Waals surface area contributed by atoms with Crippen molar-refractivity contribution >= 4 is 40.9 Å². The molecule has 5 heterocycles. The van der Waals surface area contributed by atoms with Crippen LogP contribution in [0.1, 0.15) is 70.8 Å². The number of nitrogens with one attached hydrogen (secondary N) is 1. The molecule has 2 saturated heterocycles. The summed E-state index contributed by atoms with van der Waals surface area (Å²) in [6.45, 7) is 5.55. The number of anilines is 2. The summed E-state index contributed by atoms with van der Waals surface area (Å²) in [4.78, 5) is 43.0. The van der Waals surface area contributed by atoms with Gasteiger partial charge in [0.05, 0.1) is 17.5 Å². The van der Waals surface area contributed by atoms with E-state index in [9.17, 15) is 9.59 Å². The minimum atomic E-state index is -0.161. The molecule has 36 heavy (non-hydrogen) atoms. The maximum atomic E-state index is 13.3. The molecule has 2 aliphatic rings. The Morgan fingerprint density at radius 3 is 2.53 bits per heavy atom. The van der Waals surface area contributed by atoms with Gasteiger partial charge in [0.1, 0.15) is 5.82 Å². The standard InChI is InChI=1S/C24H30N10O2/c1-12(10-26-3)17-11-27-34-20(25)18(13(2)35)19(28-22(17)34)14-8-15-6-7-16(9-14)33(15)23(36)21-29-24(31-30-21)32(4)5/h10-11,14-16H,1,6-9,25H2,2-5H3,(H,29,30,31). The fraction of sp³-hybridized carbons (Fsp3) is 0.458. The van der Waals surface area contributed by atoms with E-state index in [-0.39, 0.29) is 41.3 Å². The van der Waals surface area contributed by atoms with Gasteiger partial charge < -0.3 is 15.5 Å². The molecule has 188 valence electrons. The number of hydrogen-bond donors (Lipinski definition) is 2. The predicted octanol–water partition coefficient (Wildman–Crippen LogP) is 1.96. The summed E-state index contributed by atoms with van der Waals surface area (Å²) >= 11 is 0. The van der Waals surface area contributed by atoms with Gasteiger partial charge in [0.25, 0.3) is 5.91 Å². The van der Waals surface area contributed by atoms with E-state index in [1.54, 1.807) is 24.4 Å². The second-order valence-corrected chi connectivity index (χ2v) is 9.66. The molecule has 2 unspecified atom stereocenters. The minimum absolute atomic E-state index is 0.0137. The van der Waals surface area contributed by atoms with Crippen LogP contribution in [0.3, 0.4) is 0 Å². The number of hydrogen-bond acceptors (Lipinski definition) is 9. The van der Waals surface area contributed by atoms with E-state index in [1.165, 1.54) is 11.4 Å². The number of aliphatic imine (C=N–C) groups is 1. The lowest BCUT2D eigenvalue weighted by Gasteiger charge is -2.38. The molecule has 12 heteroatoms. The molecule has 5 rings (SSSR count). The van der Waals surface area contributed by atoms with Gasteiger partial charge in [-0.15, -0.1) is 5.10 Å². The number of carbonyl (C=O) groups excluding carboxylic acids is 2. The van der Waals surface area contributed by atoms with Gasteiger partial charge in [-0.25, -0.2) is 4.98 Å². The number of piperidine rings is 1. The Bertz CT molecular complexity index is 1390. The Balaban J connectivity index is 1.50. The highest BCUT2D eigenvalue weighted by atomic mass is 16.2. The molecule has 3 N–H and O–H groups in total. The Hall–Kier alpha value is -4.09. The number of nitrogens with two attached hydrogens (primary N) is 1. The largest absolute Gasteiger partial charge is 0.383 e. The van der Waals surface area contributed by atoms with Crippen LogP contribution in [-0.4, -0.2) is 85.8 Å². The number of allylic oxidation sites excluding steroid dienone is 1. The van der Waals surface area contributed by atoms with Gasteiger partial charge in [-0.3, -0.25) is 19.7 Å². The van der Waals surface area contributed by atoms with Gasteiger partial charge >= 0.3 is 0 Å². The van der Waals surface area contributed by atoms with E-state index in [1.807, 2.05) is 19.0 Å². The molecule has 3 aromatic rings. The minimum Gasteiger partial charge on any atom is -0.383 e. The maximum Gasteiger partial charge on any atom is 0.291 e.